The molecule has 2 aromatic carbocycles. The number of halogens is 2. The summed E-state index contributed by atoms with van der Waals surface area (Å²) in [5.41, 5.74) is 2.98. The van der Waals surface area contributed by atoms with Crippen molar-refractivity contribution in [3.8, 4) is 11.1 Å². The van der Waals surface area contributed by atoms with E-state index in [1.807, 2.05) is 12.1 Å². The van der Waals surface area contributed by atoms with Gasteiger partial charge in [-0.2, -0.15) is 0 Å². The van der Waals surface area contributed by atoms with Crippen LogP contribution in [0.2, 0.25) is 0 Å². The smallest absolute Gasteiger partial charge is 0.159 e. The van der Waals surface area contributed by atoms with E-state index < -0.39 is 11.6 Å². The second kappa shape index (κ2) is 8.12. The van der Waals surface area contributed by atoms with Gasteiger partial charge in [0, 0.05) is 0 Å². The molecule has 0 nitrogen and oxygen atoms in total. The molecule has 0 amide bonds. The van der Waals surface area contributed by atoms with Gasteiger partial charge in [0.25, 0.3) is 0 Å². The van der Waals surface area contributed by atoms with Gasteiger partial charge in [-0.15, -0.1) is 0 Å². The fourth-order valence-corrected chi connectivity index (χ4v) is 4.21. The molecule has 0 aliphatic heterocycles. The summed E-state index contributed by atoms with van der Waals surface area (Å²) in [6.45, 7) is 4.68. The molecule has 0 heterocycles. The Hall–Kier alpha value is -1.70. The van der Waals surface area contributed by atoms with E-state index in [1.54, 1.807) is 6.07 Å². The molecule has 0 saturated heterocycles. The van der Waals surface area contributed by atoms with Gasteiger partial charge in [0.05, 0.1) is 0 Å². The zero-order valence-electron chi connectivity index (χ0n) is 15.3. The predicted octanol–water partition coefficient (Wildman–Crippen LogP) is 7.03. The van der Waals surface area contributed by atoms with Crippen molar-refractivity contribution in [2.75, 3.05) is 0 Å². The summed E-state index contributed by atoms with van der Waals surface area (Å²) < 4.78 is 26.5. The number of rotatable bonds is 5. The average Bonchev–Trinajstić information content (AvgIpc) is 2.64. The molecule has 134 valence electrons. The lowest BCUT2D eigenvalue weighted by Gasteiger charge is -2.32. The summed E-state index contributed by atoms with van der Waals surface area (Å²) in [7, 11) is 0. The normalized spacial score (nSPS) is 21.9. The lowest BCUT2D eigenvalue weighted by Crippen LogP contribution is -2.21. The summed E-state index contributed by atoms with van der Waals surface area (Å²) in [6, 6.07) is 12.4. The molecular weight excluding hydrogens is 314 g/mol. The zero-order chi connectivity index (χ0) is 17.8. The molecule has 0 aromatic heterocycles. The highest BCUT2D eigenvalue weighted by molar-refractivity contribution is 5.63. The quantitative estimate of drug-likeness (QED) is 0.547. The van der Waals surface area contributed by atoms with Crippen molar-refractivity contribution in [2.24, 2.45) is 17.8 Å². The number of hydrogen-bond donors (Lipinski definition) is 0. The standard InChI is InChI=1S/C23H28F2/c1-3-17-4-8-19(9-5-17)16(2)14-18-6-10-20(11-7-18)21-12-13-22(24)23(25)15-21/h6-7,10-13,15-17,19H,3-5,8-9,14H2,1-2H3. The summed E-state index contributed by atoms with van der Waals surface area (Å²) in [5, 5.41) is 0. The van der Waals surface area contributed by atoms with E-state index in [0.29, 0.717) is 5.92 Å². The summed E-state index contributed by atoms with van der Waals surface area (Å²) in [5.74, 6) is 0.893. The minimum Gasteiger partial charge on any atom is -0.204 e. The van der Waals surface area contributed by atoms with Crippen LogP contribution in [-0.4, -0.2) is 0 Å². The molecule has 0 spiro atoms. The first-order valence-electron chi connectivity index (χ1n) is 9.61. The molecular formula is C23H28F2. The minimum atomic E-state index is -0.799. The first-order chi connectivity index (χ1) is 12.1. The summed E-state index contributed by atoms with van der Waals surface area (Å²) in [6.07, 6.45) is 7.94. The van der Waals surface area contributed by atoms with Crippen molar-refractivity contribution in [2.45, 2.75) is 52.4 Å². The largest absolute Gasteiger partial charge is 0.204 e. The van der Waals surface area contributed by atoms with Crippen molar-refractivity contribution < 1.29 is 8.78 Å². The fourth-order valence-electron chi connectivity index (χ4n) is 4.21. The fraction of sp³-hybridized carbons (Fsp3) is 0.478. The number of benzene rings is 2. The van der Waals surface area contributed by atoms with Crippen LogP contribution in [0.1, 0.15) is 51.5 Å². The van der Waals surface area contributed by atoms with Gasteiger partial charge in [-0.1, -0.05) is 63.4 Å². The molecule has 1 saturated carbocycles. The Morgan fingerprint density at radius 3 is 2.12 bits per heavy atom. The third kappa shape index (κ3) is 4.48. The summed E-state index contributed by atoms with van der Waals surface area (Å²) >= 11 is 0. The van der Waals surface area contributed by atoms with E-state index in [2.05, 4.69) is 26.0 Å². The topological polar surface area (TPSA) is 0 Å². The molecule has 3 rings (SSSR count). The van der Waals surface area contributed by atoms with Crippen LogP contribution in [0.5, 0.6) is 0 Å². The molecule has 1 unspecified atom stereocenters. The van der Waals surface area contributed by atoms with Crippen LogP contribution in [0.4, 0.5) is 8.78 Å². The third-order valence-corrected chi connectivity index (χ3v) is 6.04. The van der Waals surface area contributed by atoms with Crippen LogP contribution in [-0.2, 0) is 6.42 Å². The zero-order valence-corrected chi connectivity index (χ0v) is 15.3. The molecule has 2 aromatic rings. The SMILES string of the molecule is CCC1CCC(C(C)Cc2ccc(-c3ccc(F)c(F)c3)cc2)CC1. The molecule has 2 heteroatoms. The van der Waals surface area contributed by atoms with Gasteiger partial charge < -0.3 is 0 Å². The van der Waals surface area contributed by atoms with Gasteiger partial charge in [-0.3, -0.25) is 0 Å². The molecule has 25 heavy (non-hydrogen) atoms. The lowest BCUT2D eigenvalue weighted by atomic mass is 9.74. The van der Waals surface area contributed by atoms with Crippen molar-refractivity contribution in [1.29, 1.82) is 0 Å². The average molecular weight is 342 g/mol. The molecule has 0 N–H and O–H groups in total. The van der Waals surface area contributed by atoms with Crippen LogP contribution >= 0.6 is 0 Å². The maximum absolute atomic E-state index is 13.4. The van der Waals surface area contributed by atoms with Gasteiger partial charge >= 0.3 is 0 Å². The van der Waals surface area contributed by atoms with Gasteiger partial charge in [0.2, 0.25) is 0 Å². The first kappa shape index (κ1) is 18.1. The predicted molar refractivity (Wildman–Crippen MR) is 100 cm³/mol. The van der Waals surface area contributed by atoms with Crippen LogP contribution < -0.4 is 0 Å². The van der Waals surface area contributed by atoms with E-state index in [-0.39, 0.29) is 0 Å². The molecule has 1 atom stereocenters. The molecule has 0 radical (unpaired) electrons. The van der Waals surface area contributed by atoms with Gasteiger partial charge in [-0.25, -0.2) is 8.78 Å². The Bertz CT molecular complexity index is 682. The van der Waals surface area contributed by atoms with E-state index >= 15 is 0 Å². The van der Waals surface area contributed by atoms with Gasteiger partial charge in [0.15, 0.2) is 11.6 Å². The highest BCUT2D eigenvalue weighted by Gasteiger charge is 2.24. The molecule has 0 bridgehead atoms. The molecule has 1 aliphatic rings. The van der Waals surface area contributed by atoms with Crippen molar-refractivity contribution in [3.05, 3.63) is 59.7 Å². The number of hydrogen-bond acceptors (Lipinski definition) is 0. The Balaban J connectivity index is 1.61. The van der Waals surface area contributed by atoms with Gasteiger partial charge in [-0.05, 0) is 65.8 Å². The Kier molecular flexibility index (Phi) is 5.88. The van der Waals surface area contributed by atoms with E-state index in [9.17, 15) is 8.78 Å². The highest BCUT2D eigenvalue weighted by Crippen LogP contribution is 2.36. The summed E-state index contributed by atoms with van der Waals surface area (Å²) in [4.78, 5) is 0. The van der Waals surface area contributed by atoms with E-state index in [1.165, 1.54) is 49.8 Å². The van der Waals surface area contributed by atoms with Crippen molar-refractivity contribution in [1.82, 2.24) is 0 Å². The highest BCUT2D eigenvalue weighted by atomic mass is 19.2. The maximum Gasteiger partial charge on any atom is 0.159 e. The monoisotopic (exact) mass is 342 g/mol. The van der Waals surface area contributed by atoms with E-state index in [0.717, 1.165) is 29.4 Å². The maximum atomic E-state index is 13.4. The van der Waals surface area contributed by atoms with E-state index in [4.69, 9.17) is 0 Å². The first-order valence-corrected chi connectivity index (χ1v) is 9.61. The second-order valence-electron chi connectivity index (χ2n) is 7.70. The third-order valence-electron chi connectivity index (χ3n) is 6.04. The minimum absolute atomic E-state index is 0.701. The lowest BCUT2D eigenvalue weighted by molar-refractivity contribution is 0.210. The molecule has 1 fully saturated rings. The van der Waals surface area contributed by atoms with Crippen LogP contribution in [0.3, 0.4) is 0 Å². The molecule has 1 aliphatic carbocycles. The Morgan fingerprint density at radius 2 is 1.52 bits per heavy atom. The van der Waals surface area contributed by atoms with Gasteiger partial charge in [0.1, 0.15) is 0 Å². The Morgan fingerprint density at radius 1 is 0.880 bits per heavy atom. The second-order valence-corrected chi connectivity index (χ2v) is 7.70. The van der Waals surface area contributed by atoms with Crippen molar-refractivity contribution >= 4 is 0 Å². The van der Waals surface area contributed by atoms with Crippen molar-refractivity contribution in [3.63, 3.8) is 0 Å². The van der Waals surface area contributed by atoms with Crippen LogP contribution in [0.15, 0.2) is 42.5 Å². The Labute approximate surface area is 150 Å². The van der Waals surface area contributed by atoms with Crippen LogP contribution in [0, 0.1) is 29.4 Å². The van der Waals surface area contributed by atoms with Crippen LogP contribution in [0.25, 0.3) is 11.1 Å².